The number of hydrogen-bond donors (Lipinski definition) is 1. The van der Waals surface area contributed by atoms with Crippen LogP contribution >= 0.6 is 0 Å². The molecule has 2 heterocycles. The number of nitrogens with one attached hydrogen (secondary N) is 1. The van der Waals surface area contributed by atoms with Gasteiger partial charge in [-0.3, -0.25) is 24.1 Å². The van der Waals surface area contributed by atoms with E-state index in [0.29, 0.717) is 34.8 Å². The molecule has 0 spiro atoms. The molecule has 0 aliphatic carbocycles. The van der Waals surface area contributed by atoms with Crippen molar-refractivity contribution in [1.82, 2.24) is 4.90 Å². The minimum Gasteiger partial charge on any atom is -0.479 e. The van der Waals surface area contributed by atoms with Crippen molar-refractivity contribution in [3.8, 4) is 5.75 Å². The lowest BCUT2D eigenvalue weighted by molar-refractivity contribution is -0.125. The van der Waals surface area contributed by atoms with E-state index in [-0.39, 0.29) is 36.6 Å². The number of carbonyl (C=O) groups excluding carboxylic acids is 4. The molecule has 0 fully saturated rings. The summed E-state index contributed by atoms with van der Waals surface area (Å²) < 4.78 is 5.62. The number of rotatable bonds is 5. The third-order valence-electron chi connectivity index (χ3n) is 5.21. The maximum atomic E-state index is 12.4. The van der Waals surface area contributed by atoms with Crippen LogP contribution in [0, 0.1) is 0 Å². The van der Waals surface area contributed by atoms with Crippen LogP contribution < -0.4 is 15.0 Å². The smallest absolute Gasteiger partial charge is 0.267 e. The Hall–Kier alpha value is -3.68. The quantitative estimate of drug-likeness (QED) is 0.768. The zero-order valence-corrected chi connectivity index (χ0v) is 16.7. The number of anilines is 2. The van der Waals surface area contributed by atoms with E-state index in [0.717, 1.165) is 4.90 Å². The Labute approximate surface area is 173 Å². The molecule has 2 aliphatic rings. The number of hydrogen-bond acceptors (Lipinski definition) is 5. The molecule has 4 amide bonds. The summed E-state index contributed by atoms with van der Waals surface area (Å²) in [5.74, 6) is -0.681. The molecule has 0 aromatic heterocycles. The van der Waals surface area contributed by atoms with Crippen LogP contribution in [0.2, 0.25) is 0 Å². The van der Waals surface area contributed by atoms with Gasteiger partial charge in [0.05, 0.1) is 16.8 Å². The van der Waals surface area contributed by atoms with Crippen molar-refractivity contribution in [3.63, 3.8) is 0 Å². The topological polar surface area (TPSA) is 96.0 Å². The summed E-state index contributed by atoms with van der Waals surface area (Å²) in [5, 5.41) is 2.76. The van der Waals surface area contributed by atoms with Gasteiger partial charge in [0.25, 0.3) is 17.7 Å². The number of imide groups is 1. The first-order chi connectivity index (χ1) is 14.4. The van der Waals surface area contributed by atoms with Gasteiger partial charge in [0.2, 0.25) is 5.91 Å². The van der Waals surface area contributed by atoms with Gasteiger partial charge >= 0.3 is 0 Å². The average Bonchev–Trinajstić information content (AvgIpc) is 2.98. The first-order valence-electron chi connectivity index (χ1n) is 9.78. The number of benzene rings is 2. The van der Waals surface area contributed by atoms with E-state index < -0.39 is 6.10 Å². The monoisotopic (exact) mass is 407 g/mol. The molecule has 0 saturated heterocycles. The van der Waals surface area contributed by atoms with E-state index >= 15 is 0 Å². The van der Waals surface area contributed by atoms with Gasteiger partial charge in [-0.15, -0.1) is 0 Å². The number of nitrogens with zero attached hydrogens (tertiary/aromatic N) is 2. The highest BCUT2D eigenvalue weighted by Gasteiger charge is 2.35. The predicted molar refractivity (Wildman–Crippen MR) is 110 cm³/mol. The summed E-state index contributed by atoms with van der Waals surface area (Å²) in [6.45, 7) is 4.04. The van der Waals surface area contributed by atoms with Crippen molar-refractivity contribution >= 4 is 35.0 Å². The second-order valence-electron chi connectivity index (χ2n) is 7.13. The normalized spacial score (nSPS) is 17.5. The Bertz CT molecular complexity index is 1030. The number of likely N-dealkylation sites (N-methyl/N-ethyl adjacent to an activating group) is 1. The Morgan fingerprint density at radius 3 is 2.33 bits per heavy atom. The highest BCUT2D eigenvalue weighted by Crippen LogP contribution is 2.36. The highest BCUT2D eigenvalue weighted by molar-refractivity contribution is 6.21. The fraction of sp³-hybridized carbons (Fsp3) is 0.273. The molecular weight excluding hydrogens is 386 g/mol. The average molecular weight is 407 g/mol. The van der Waals surface area contributed by atoms with Gasteiger partial charge in [0.15, 0.2) is 6.10 Å². The van der Waals surface area contributed by atoms with E-state index in [4.69, 9.17) is 4.74 Å². The maximum Gasteiger partial charge on any atom is 0.267 e. The van der Waals surface area contributed by atoms with Crippen LogP contribution in [0.25, 0.3) is 0 Å². The van der Waals surface area contributed by atoms with E-state index in [1.54, 1.807) is 54.3 Å². The fourth-order valence-electron chi connectivity index (χ4n) is 3.69. The lowest BCUT2D eigenvalue weighted by Gasteiger charge is -2.32. The minimum atomic E-state index is -0.558. The molecule has 0 radical (unpaired) electrons. The number of carbonyl (C=O) groups is 4. The second kappa shape index (κ2) is 7.62. The van der Waals surface area contributed by atoms with Gasteiger partial charge in [-0.25, -0.2) is 0 Å². The van der Waals surface area contributed by atoms with E-state index in [9.17, 15) is 19.2 Å². The van der Waals surface area contributed by atoms with Gasteiger partial charge in [-0.2, -0.15) is 0 Å². The molecule has 1 unspecified atom stereocenters. The van der Waals surface area contributed by atoms with Gasteiger partial charge < -0.3 is 15.0 Å². The van der Waals surface area contributed by atoms with E-state index in [1.807, 2.05) is 6.92 Å². The Morgan fingerprint density at radius 2 is 1.70 bits per heavy atom. The molecule has 2 aliphatic heterocycles. The van der Waals surface area contributed by atoms with Crippen molar-refractivity contribution in [1.29, 1.82) is 0 Å². The molecule has 1 N–H and O–H groups in total. The van der Waals surface area contributed by atoms with Gasteiger partial charge in [-0.1, -0.05) is 12.1 Å². The van der Waals surface area contributed by atoms with E-state index in [2.05, 4.69) is 5.32 Å². The zero-order valence-electron chi connectivity index (χ0n) is 16.7. The summed E-state index contributed by atoms with van der Waals surface area (Å²) in [5.41, 5.74) is 1.82. The molecule has 0 saturated carbocycles. The molecule has 154 valence electrons. The lowest BCUT2D eigenvalue weighted by Crippen LogP contribution is -2.44. The minimum absolute atomic E-state index is 0.0106. The van der Waals surface area contributed by atoms with Crippen LogP contribution in [0.15, 0.2) is 42.5 Å². The Kier molecular flexibility index (Phi) is 4.99. The summed E-state index contributed by atoms with van der Waals surface area (Å²) in [6, 6.07) is 11.7. The van der Waals surface area contributed by atoms with Gasteiger partial charge in [-0.05, 0) is 44.2 Å². The molecule has 0 bridgehead atoms. The molecule has 8 nitrogen and oxygen atoms in total. The molecule has 4 rings (SSSR count). The number of amides is 4. The summed E-state index contributed by atoms with van der Waals surface area (Å²) >= 11 is 0. The largest absolute Gasteiger partial charge is 0.479 e. The van der Waals surface area contributed by atoms with Crippen molar-refractivity contribution in [3.05, 3.63) is 53.6 Å². The molecule has 30 heavy (non-hydrogen) atoms. The van der Waals surface area contributed by atoms with Crippen LogP contribution in [-0.4, -0.2) is 47.7 Å². The van der Waals surface area contributed by atoms with Crippen molar-refractivity contribution in [2.45, 2.75) is 26.4 Å². The van der Waals surface area contributed by atoms with Crippen molar-refractivity contribution in [2.75, 3.05) is 23.3 Å². The summed E-state index contributed by atoms with van der Waals surface area (Å²) in [6.07, 6.45) is -0.593. The van der Waals surface area contributed by atoms with Gasteiger partial charge in [0, 0.05) is 25.2 Å². The number of fused-ring (bicyclic) bond motifs is 2. The van der Waals surface area contributed by atoms with E-state index in [1.165, 1.54) is 0 Å². The Balaban J connectivity index is 1.42. The summed E-state index contributed by atoms with van der Waals surface area (Å²) in [7, 11) is 0. The first kappa shape index (κ1) is 19.6. The van der Waals surface area contributed by atoms with Crippen LogP contribution in [0.1, 0.15) is 41.0 Å². The van der Waals surface area contributed by atoms with Gasteiger partial charge in [0.1, 0.15) is 5.75 Å². The molecule has 8 heteroatoms. The zero-order chi connectivity index (χ0) is 21.4. The Morgan fingerprint density at radius 1 is 1.03 bits per heavy atom. The lowest BCUT2D eigenvalue weighted by atomic mass is 10.1. The van der Waals surface area contributed by atoms with Crippen molar-refractivity contribution in [2.24, 2.45) is 0 Å². The van der Waals surface area contributed by atoms with Crippen LogP contribution in [-0.2, 0) is 9.59 Å². The third kappa shape index (κ3) is 3.30. The van der Waals surface area contributed by atoms with Crippen molar-refractivity contribution < 1.29 is 23.9 Å². The van der Waals surface area contributed by atoms with Crippen LogP contribution in [0.3, 0.4) is 0 Å². The molecular formula is C22H21N3O5. The standard InChI is InChI=1S/C22H21N3O5/c1-3-24-17-12-14(8-9-18(17)30-13(2)20(24)27)23-19(26)10-11-25-21(28)15-6-4-5-7-16(15)22(25)29/h4-9,12-13H,3,10-11H2,1-2H3,(H,23,26). The highest BCUT2D eigenvalue weighted by atomic mass is 16.5. The third-order valence-corrected chi connectivity index (χ3v) is 5.21. The van der Waals surface area contributed by atoms with Crippen LogP contribution in [0.5, 0.6) is 5.75 Å². The fourth-order valence-corrected chi connectivity index (χ4v) is 3.69. The maximum absolute atomic E-state index is 12.4. The molecule has 2 aromatic carbocycles. The predicted octanol–water partition coefficient (Wildman–Crippen LogP) is 2.45. The molecule has 2 aromatic rings. The van der Waals surface area contributed by atoms with Crippen LogP contribution in [0.4, 0.5) is 11.4 Å². The molecule has 1 atom stereocenters. The number of ether oxygens (including phenoxy) is 1. The second-order valence-corrected chi connectivity index (χ2v) is 7.13. The first-order valence-corrected chi connectivity index (χ1v) is 9.78. The summed E-state index contributed by atoms with van der Waals surface area (Å²) in [4.78, 5) is 52.2. The SMILES string of the molecule is CCN1C(=O)C(C)Oc2ccc(NC(=O)CCN3C(=O)c4ccccc4C3=O)cc21.